The molecule has 1 saturated carbocycles. The second-order valence-corrected chi connectivity index (χ2v) is 12.7. The molecule has 7 rings (SSSR count). The molecule has 0 amide bonds. The molecule has 2 aliphatic heterocycles. The van der Waals surface area contributed by atoms with Crippen LogP contribution in [0, 0.1) is 5.92 Å². The highest BCUT2D eigenvalue weighted by molar-refractivity contribution is 5.89. The van der Waals surface area contributed by atoms with Crippen molar-refractivity contribution in [1.82, 2.24) is 10.2 Å². The highest BCUT2D eigenvalue weighted by Crippen LogP contribution is 2.63. The van der Waals surface area contributed by atoms with Crippen LogP contribution in [0.1, 0.15) is 42.1 Å². The van der Waals surface area contributed by atoms with Crippen molar-refractivity contribution in [1.29, 1.82) is 0 Å². The quantitative estimate of drug-likeness (QED) is 0.224. The number of phenols is 1. The molecule has 3 aromatic carbocycles. The second-order valence-electron chi connectivity index (χ2n) is 12.7. The number of halogens is 1. The van der Waals surface area contributed by atoms with Gasteiger partial charge < -0.3 is 49.6 Å². The Balaban J connectivity index is 0.000000175. The summed E-state index contributed by atoms with van der Waals surface area (Å²) in [6.07, 6.45) is 2.06. The van der Waals surface area contributed by atoms with Crippen LogP contribution in [0.25, 0.3) is 0 Å². The van der Waals surface area contributed by atoms with Crippen LogP contribution in [0.2, 0.25) is 0 Å². The third-order valence-corrected chi connectivity index (χ3v) is 9.95. The largest absolute Gasteiger partial charge is 0.508 e. The van der Waals surface area contributed by atoms with Crippen LogP contribution in [-0.4, -0.2) is 104 Å². The molecule has 1 spiro atoms. The van der Waals surface area contributed by atoms with Gasteiger partial charge in [-0.1, -0.05) is 30.3 Å². The van der Waals surface area contributed by atoms with E-state index in [1.165, 1.54) is 11.1 Å². The van der Waals surface area contributed by atoms with Gasteiger partial charge in [0.2, 0.25) is 0 Å². The van der Waals surface area contributed by atoms with Gasteiger partial charge in [0.05, 0.1) is 26.9 Å². The number of para-hydroxylation sites is 2. The van der Waals surface area contributed by atoms with Crippen LogP contribution in [0.4, 0.5) is 0 Å². The van der Waals surface area contributed by atoms with E-state index in [0.717, 1.165) is 42.9 Å². The Morgan fingerprint density at radius 1 is 1.04 bits per heavy atom. The van der Waals surface area contributed by atoms with Crippen molar-refractivity contribution in [3.8, 4) is 28.7 Å². The number of methoxy groups -OCH3 is 2. The molecule has 4 aliphatic rings. The zero-order valence-electron chi connectivity index (χ0n) is 28.5. The number of piperidine rings is 1. The summed E-state index contributed by atoms with van der Waals surface area (Å²) in [4.78, 5) is 15.1. The Kier molecular flexibility index (Phi) is 13.2. The van der Waals surface area contributed by atoms with Gasteiger partial charge in [-0.15, -0.1) is 12.4 Å². The first-order valence-electron chi connectivity index (χ1n) is 16.4. The summed E-state index contributed by atoms with van der Waals surface area (Å²) >= 11 is 0. The summed E-state index contributed by atoms with van der Waals surface area (Å²) in [6.45, 7) is 1.28. The van der Waals surface area contributed by atoms with Gasteiger partial charge in [0.25, 0.3) is 0 Å². The minimum absolute atomic E-state index is 0. The smallest absolute Gasteiger partial charge is 0.174 e. The van der Waals surface area contributed by atoms with Crippen molar-refractivity contribution >= 4 is 18.2 Å². The second kappa shape index (κ2) is 16.9. The Bertz CT molecular complexity index is 1560. The van der Waals surface area contributed by atoms with Crippen LogP contribution < -0.4 is 24.3 Å². The molecule has 2 fully saturated rings. The minimum Gasteiger partial charge on any atom is -0.508 e. The number of ketones is 1. The number of ether oxygens (including phenoxy) is 4. The maximum absolute atomic E-state index is 12.6. The summed E-state index contributed by atoms with van der Waals surface area (Å²) in [6, 6.07) is 18.5. The third-order valence-electron chi connectivity index (χ3n) is 9.95. The molecule has 12 heteroatoms. The molecular weight excluding hydrogens is 652 g/mol. The monoisotopic (exact) mass is 700 g/mol. The Morgan fingerprint density at radius 2 is 1.78 bits per heavy atom. The molecular formula is C37H49ClN2O9. The lowest BCUT2D eigenvalue weighted by molar-refractivity contribution is -0.138. The lowest BCUT2D eigenvalue weighted by atomic mass is 9.52. The number of likely N-dealkylation sites (tertiary alicyclic amines) is 1. The molecule has 2 aliphatic carbocycles. The fourth-order valence-electron chi connectivity index (χ4n) is 7.69. The molecule has 0 aromatic heterocycles. The van der Waals surface area contributed by atoms with Gasteiger partial charge in [0.15, 0.2) is 34.9 Å². The van der Waals surface area contributed by atoms with Gasteiger partial charge in [0, 0.05) is 30.0 Å². The molecule has 11 nitrogen and oxygen atoms in total. The number of nitrogens with one attached hydrogen (secondary N) is 1. The molecule has 2 bridgehead atoms. The van der Waals surface area contributed by atoms with E-state index in [1.807, 2.05) is 18.2 Å². The van der Waals surface area contributed by atoms with Crippen LogP contribution in [0.3, 0.4) is 0 Å². The Labute approximate surface area is 294 Å². The number of nitrogens with zero attached hydrogens (tertiary/aromatic N) is 1. The standard InChI is InChI=1S/C18H21NO3.C10H14O4.C9H13NO2.ClH/c1-19-8-7-18-11-4-5-13(20)17(18)22-16-14(21-2)6-3-10(15(16)18)9-12(11)19;1-13-9-4-2-3-5-10(9)14-7-8(12)6-11;1-10-6-9(12)7-3-2-4-8(11)5-7;/h3,6,11-12,17H,4-5,7-9H2,1-2H3;2-5,8,11-12H,6-7H2,1H3;2-5,9-12H,6H2,1H3;1H/t11-,12+,17-,18-;;9-;/m0.0./s1. The average molecular weight is 701 g/mol. The first-order valence-corrected chi connectivity index (χ1v) is 16.4. The fourth-order valence-corrected chi connectivity index (χ4v) is 7.69. The molecule has 0 radical (unpaired) electrons. The summed E-state index contributed by atoms with van der Waals surface area (Å²) in [5, 5.41) is 39.1. The van der Waals surface area contributed by atoms with Crippen LogP contribution in [0.15, 0.2) is 60.7 Å². The highest BCUT2D eigenvalue weighted by Gasteiger charge is 2.65. The maximum Gasteiger partial charge on any atom is 0.174 e. The first kappa shape index (κ1) is 38.2. The molecule has 1 unspecified atom stereocenters. The molecule has 5 N–H and O–H groups in total. The van der Waals surface area contributed by atoms with Crippen LogP contribution in [0.5, 0.6) is 28.7 Å². The van der Waals surface area contributed by atoms with Crippen LogP contribution >= 0.6 is 12.4 Å². The van der Waals surface area contributed by atoms with Gasteiger partial charge in [-0.2, -0.15) is 0 Å². The van der Waals surface area contributed by atoms with Gasteiger partial charge >= 0.3 is 0 Å². The summed E-state index contributed by atoms with van der Waals surface area (Å²) in [5.41, 5.74) is 3.30. The minimum atomic E-state index is -0.861. The zero-order chi connectivity index (χ0) is 34.4. The van der Waals surface area contributed by atoms with E-state index in [-0.39, 0.29) is 48.7 Å². The van der Waals surface area contributed by atoms with Crippen molar-refractivity contribution in [3.05, 3.63) is 77.4 Å². The molecule has 49 heavy (non-hydrogen) atoms. The van der Waals surface area contributed by atoms with Crippen molar-refractivity contribution in [2.45, 2.75) is 55.5 Å². The van der Waals surface area contributed by atoms with E-state index < -0.39 is 12.2 Å². The first-order chi connectivity index (χ1) is 23.2. The van der Waals surface area contributed by atoms with Gasteiger partial charge in [0.1, 0.15) is 18.5 Å². The zero-order valence-corrected chi connectivity index (χ0v) is 29.3. The topological polar surface area (TPSA) is 150 Å². The molecule has 3 aromatic rings. The fraction of sp³-hybridized carbons (Fsp3) is 0.486. The number of aliphatic hydroxyl groups excluding tert-OH is 3. The molecule has 2 heterocycles. The number of aliphatic hydroxyl groups is 3. The van der Waals surface area contributed by atoms with E-state index in [2.05, 4.69) is 23.3 Å². The van der Waals surface area contributed by atoms with Crippen molar-refractivity contribution in [2.75, 3.05) is 54.6 Å². The molecule has 6 atom stereocenters. The lowest BCUT2D eigenvalue weighted by Gasteiger charge is -2.57. The lowest BCUT2D eigenvalue weighted by Crippen LogP contribution is -2.65. The van der Waals surface area contributed by atoms with E-state index >= 15 is 0 Å². The molecule has 1 saturated heterocycles. The molecule has 268 valence electrons. The maximum atomic E-state index is 12.6. The van der Waals surface area contributed by atoms with Crippen molar-refractivity contribution < 1.29 is 44.2 Å². The van der Waals surface area contributed by atoms with E-state index in [4.69, 9.17) is 34.3 Å². The summed E-state index contributed by atoms with van der Waals surface area (Å²) in [5.74, 6) is 3.81. The van der Waals surface area contributed by atoms with Crippen molar-refractivity contribution in [3.63, 3.8) is 0 Å². The number of hydrogen-bond acceptors (Lipinski definition) is 11. The predicted octanol–water partition coefficient (Wildman–Crippen LogP) is 3.43. The summed E-state index contributed by atoms with van der Waals surface area (Å²) < 4.78 is 22.1. The third kappa shape index (κ3) is 7.77. The number of benzene rings is 3. The Morgan fingerprint density at radius 3 is 2.45 bits per heavy atom. The van der Waals surface area contributed by atoms with E-state index in [1.54, 1.807) is 57.7 Å². The highest BCUT2D eigenvalue weighted by atomic mass is 35.5. The van der Waals surface area contributed by atoms with Gasteiger partial charge in [-0.3, -0.25) is 4.79 Å². The van der Waals surface area contributed by atoms with E-state index in [9.17, 15) is 9.90 Å². The van der Waals surface area contributed by atoms with Crippen molar-refractivity contribution in [2.24, 2.45) is 5.92 Å². The number of hydrogen-bond donors (Lipinski definition) is 5. The predicted molar refractivity (Wildman–Crippen MR) is 187 cm³/mol. The van der Waals surface area contributed by atoms with Gasteiger partial charge in [-0.25, -0.2) is 0 Å². The number of phenolic OH excluding ortho intramolecular Hbond substituents is 1. The number of carbonyl (C=O) groups is 1. The number of rotatable bonds is 9. The average Bonchev–Trinajstić information content (AvgIpc) is 3.46. The SMILES string of the molecule is CNC[C@H](O)c1cccc(O)c1.COc1ccc2c3c1O[C@H]1C(=O)CC[C@H]4[C@@H](C2)N(C)CC[C@]314.COc1ccccc1OCC(O)CO.Cl. The van der Waals surface area contributed by atoms with Gasteiger partial charge in [-0.05, 0) is 87.3 Å². The normalized spacial score (nSPS) is 23.9. The number of aromatic hydroxyl groups is 1. The number of carbonyl (C=O) groups excluding carboxylic acids is 1. The van der Waals surface area contributed by atoms with Crippen LogP contribution in [-0.2, 0) is 16.6 Å². The summed E-state index contributed by atoms with van der Waals surface area (Å²) in [7, 11) is 7.23. The number of Topliss-reactive ketones (excluding diaryl/α,β-unsaturated/α-hetero) is 1. The van der Waals surface area contributed by atoms with E-state index in [0.29, 0.717) is 36.4 Å². The Hall–Kier alpha value is -3.58. The number of likely N-dealkylation sites (N-methyl/N-ethyl adjacent to an activating group) is 2.